The lowest BCUT2D eigenvalue weighted by Gasteiger charge is -2.22. The summed E-state index contributed by atoms with van der Waals surface area (Å²) in [6, 6.07) is 0. The number of allylic oxidation sites excluding steroid dienone is 4. The summed E-state index contributed by atoms with van der Waals surface area (Å²) in [4.78, 5) is 0. The van der Waals surface area contributed by atoms with Gasteiger partial charge in [-0.15, -0.1) is 0 Å². The highest BCUT2D eigenvalue weighted by atomic mass is 16.7. The van der Waals surface area contributed by atoms with Gasteiger partial charge in [0, 0.05) is 20.6 Å². The van der Waals surface area contributed by atoms with Gasteiger partial charge in [-0.25, -0.2) is 0 Å². The van der Waals surface area contributed by atoms with Gasteiger partial charge in [0.2, 0.25) is 0 Å². The molecule has 18 heavy (non-hydrogen) atoms. The Bertz CT molecular complexity index is 298. The minimum atomic E-state index is -0.0768. The molecular formula is C16H28O2. The molecule has 0 saturated heterocycles. The second-order valence-electron chi connectivity index (χ2n) is 5.64. The maximum atomic E-state index is 5.23. The third kappa shape index (κ3) is 4.95. The summed E-state index contributed by atoms with van der Waals surface area (Å²) < 4.78 is 10.5. The van der Waals surface area contributed by atoms with Gasteiger partial charge >= 0.3 is 0 Å². The number of hydrogen-bond donors (Lipinski definition) is 0. The molecule has 1 aliphatic carbocycles. The standard InChI is InChI=1S/C16H28O2/c1-12(2)10-14-6-7-15(13(3)11-14)8-9-16(17-4)18-5/h7,11-12,14,16H,6,8-10H2,1-5H3. The molecule has 0 amide bonds. The second-order valence-corrected chi connectivity index (χ2v) is 5.64. The van der Waals surface area contributed by atoms with E-state index in [0.717, 1.165) is 24.7 Å². The van der Waals surface area contributed by atoms with Crippen molar-refractivity contribution in [2.45, 2.75) is 52.7 Å². The first kappa shape index (κ1) is 15.5. The van der Waals surface area contributed by atoms with Gasteiger partial charge in [0.15, 0.2) is 6.29 Å². The molecule has 1 atom stereocenters. The summed E-state index contributed by atoms with van der Waals surface area (Å²) in [5, 5.41) is 0. The van der Waals surface area contributed by atoms with Crippen LogP contribution < -0.4 is 0 Å². The van der Waals surface area contributed by atoms with Gasteiger partial charge in [0.05, 0.1) is 0 Å². The maximum Gasteiger partial charge on any atom is 0.157 e. The van der Waals surface area contributed by atoms with E-state index in [1.165, 1.54) is 24.0 Å². The fourth-order valence-electron chi connectivity index (χ4n) is 2.66. The van der Waals surface area contributed by atoms with Crippen molar-refractivity contribution in [1.82, 2.24) is 0 Å². The third-order valence-corrected chi connectivity index (χ3v) is 3.61. The van der Waals surface area contributed by atoms with Crippen molar-refractivity contribution in [1.29, 1.82) is 0 Å². The molecule has 0 aromatic rings. The molecule has 1 unspecified atom stereocenters. The van der Waals surface area contributed by atoms with Crippen molar-refractivity contribution in [2.75, 3.05) is 14.2 Å². The topological polar surface area (TPSA) is 18.5 Å². The highest BCUT2D eigenvalue weighted by Gasteiger charge is 2.15. The summed E-state index contributed by atoms with van der Waals surface area (Å²) in [5.74, 6) is 1.51. The summed E-state index contributed by atoms with van der Waals surface area (Å²) in [5.41, 5.74) is 2.91. The lowest BCUT2D eigenvalue weighted by Crippen LogP contribution is -2.14. The minimum absolute atomic E-state index is 0.0768. The van der Waals surface area contributed by atoms with E-state index < -0.39 is 0 Å². The molecule has 0 spiro atoms. The Balaban J connectivity index is 2.45. The quantitative estimate of drug-likeness (QED) is 0.628. The summed E-state index contributed by atoms with van der Waals surface area (Å²) in [7, 11) is 3.40. The number of ether oxygens (including phenoxy) is 2. The summed E-state index contributed by atoms with van der Waals surface area (Å²) >= 11 is 0. The van der Waals surface area contributed by atoms with Crippen LogP contribution in [0.4, 0.5) is 0 Å². The van der Waals surface area contributed by atoms with Gasteiger partial charge < -0.3 is 9.47 Å². The van der Waals surface area contributed by atoms with Crippen LogP contribution >= 0.6 is 0 Å². The first-order chi connectivity index (χ1) is 8.56. The zero-order valence-corrected chi connectivity index (χ0v) is 12.5. The van der Waals surface area contributed by atoms with E-state index in [9.17, 15) is 0 Å². The molecule has 0 aliphatic heterocycles. The van der Waals surface area contributed by atoms with Gasteiger partial charge in [-0.3, -0.25) is 0 Å². The molecule has 0 fully saturated rings. The molecule has 0 bridgehead atoms. The van der Waals surface area contributed by atoms with Crippen molar-refractivity contribution in [3.63, 3.8) is 0 Å². The lowest BCUT2D eigenvalue weighted by atomic mass is 9.85. The number of hydrogen-bond acceptors (Lipinski definition) is 2. The van der Waals surface area contributed by atoms with Crippen molar-refractivity contribution in [3.8, 4) is 0 Å². The Kier molecular flexibility index (Phi) is 6.66. The molecular weight excluding hydrogens is 224 g/mol. The molecule has 104 valence electrons. The molecule has 0 aromatic heterocycles. The van der Waals surface area contributed by atoms with E-state index in [-0.39, 0.29) is 6.29 Å². The van der Waals surface area contributed by atoms with E-state index in [0.29, 0.717) is 0 Å². The fraction of sp³-hybridized carbons (Fsp3) is 0.750. The van der Waals surface area contributed by atoms with Crippen molar-refractivity contribution >= 4 is 0 Å². The van der Waals surface area contributed by atoms with E-state index in [1.54, 1.807) is 14.2 Å². The van der Waals surface area contributed by atoms with E-state index in [2.05, 4.69) is 32.9 Å². The number of methoxy groups -OCH3 is 2. The van der Waals surface area contributed by atoms with E-state index in [4.69, 9.17) is 9.47 Å². The number of rotatable bonds is 7. The van der Waals surface area contributed by atoms with Crippen LogP contribution in [0.25, 0.3) is 0 Å². The predicted molar refractivity (Wildman–Crippen MR) is 76.4 cm³/mol. The SMILES string of the molecule is COC(CCC1=CCC(CC(C)C)C=C1C)OC. The van der Waals surface area contributed by atoms with E-state index in [1.807, 2.05) is 0 Å². The van der Waals surface area contributed by atoms with Crippen LogP contribution in [0.3, 0.4) is 0 Å². The van der Waals surface area contributed by atoms with Crippen LogP contribution in [0.2, 0.25) is 0 Å². The molecule has 0 heterocycles. The van der Waals surface area contributed by atoms with Crippen molar-refractivity contribution < 1.29 is 9.47 Å². The molecule has 1 rings (SSSR count). The summed E-state index contributed by atoms with van der Waals surface area (Å²) in [6.45, 7) is 6.82. The largest absolute Gasteiger partial charge is 0.356 e. The highest BCUT2D eigenvalue weighted by Crippen LogP contribution is 2.29. The van der Waals surface area contributed by atoms with Crippen LogP contribution in [0, 0.1) is 11.8 Å². The van der Waals surface area contributed by atoms with Gasteiger partial charge in [-0.1, -0.05) is 31.6 Å². The molecule has 0 radical (unpaired) electrons. The van der Waals surface area contributed by atoms with Crippen LogP contribution in [0.15, 0.2) is 23.3 Å². The summed E-state index contributed by atoms with van der Waals surface area (Å²) in [6.07, 6.45) is 9.23. The average molecular weight is 252 g/mol. The first-order valence-corrected chi connectivity index (χ1v) is 7.00. The lowest BCUT2D eigenvalue weighted by molar-refractivity contribution is -0.105. The predicted octanol–water partition coefficient (Wildman–Crippen LogP) is 4.32. The van der Waals surface area contributed by atoms with E-state index >= 15 is 0 Å². The molecule has 1 aliphatic rings. The maximum absolute atomic E-state index is 5.23. The highest BCUT2D eigenvalue weighted by molar-refractivity contribution is 5.32. The smallest absolute Gasteiger partial charge is 0.157 e. The van der Waals surface area contributed by atoms with Crippen molar-refractivity contribution in [2.24, 2.45) is 11.8 Å². The Morgan fingerprint density at radius 3 is 2.44 bits per heavy atom. The van der Waals surface area contributed by atoms with Crippen LogP contribution in [0.1, 0.15) is 46.5 Å². The van der Waals surface area contributed by atoms with Gasteiger partial charge in [0.1, 0.15) is 0 Å². The van der Waals surface area contributed by atoms with Crippen LogP contribution in [-0.4, -0.2) is 20.5 Å². The van der Waals surface area contributed by atoms with Crippen LogP contribution in [-0.2, 0) is 9.47 Å². The Hall–Kier alpha value is -0.600. The second kappa shape index (κ2) is 7.75. The zero-order chi connectivity index (χ0) is 13.5. The molecule has 2 nitrogen and oxygen atoms in total. The first-order valence-electron chi connectivity index (χ1n) is 7.00. The van der Waals surface area contributed by atoms with Gasteiger partial charge in [0.25, 0.3) is 0 Å². The molecule has 0 aromatic carbocycles. The molecule has 0 saturated carbocycles. The van der Waals surface area contributed by atoms with Crippen LogP contribution in [0.5, 0.6) is 0 Å². The van der Waals surface area contributed by atoms with Gasteiger partial charge in [-0.2, -0.15) is 0 Å². The molecule has 0 N–H and O–H groups in total. The van der Waals surface area contributed by atoms with Gasteiger partial charge in [-0.05, 0) is 43.6 Å². The minimum Gasteiger partial charge on any atom is -0.356 e. The Morgan fingerprint density at radius 2 is 1.94 bits per heavy atom. The fourth-order valence-corrected chi connectivity index (χ4v) is 2.66. The Morgan fingerprint density at radius 1 is 1.28 bits per heavy atom. The van der Waals surface area contributed by atoms with Crippen molar-refractivity contribution in [3.05, 3.63) is 23.3 Å². The average Bonchev–Trinajstić information content (AvgIpc) is 2.32. The third-order valence-electron chi connectivity index (χ3n) is 3.61. The Labute approximate surface area is 112 Å². The molecule has 2 heteroatoms. The monoisotopic (exact) mass is 252 g/mol. The zero-order valence-electron chi connectivity index (χ0n) is 12.5. The normalized spacial score (nSPS) is 20.3.